The molecule has 0 bridgehead atoms. The molecule has 3 aromatic rings. The second-order valence-electron chi connectivity index (χ2n) is 7.78. The van der Waals surface area contributed by atoms with E-state index >= 15 is 0 Å². The fraction of sp³-hybridized carbons (Fsp3) is 0.250. The summed E-state index contributed by atoms with van der Waals surface area (Å²) >= 11 is 0. The van der Waals surface area contributed by atoms with Crippen molar-refractivity contribution in [1.82, 2.24) is 20.2 Å². The van der Waals surface area contributed by atoms with Crippen LogP contribution in [0.5, 0.6) is 0 Å². The van der Waals surface area contributed by atoms with Gasteiger partial charge in [-0.2, -0.15) is 0 Å². The summed E-state index contributed by atoms with van der Waals surface area (Å²) < 4.78 is 0. The third kappa shape index (κ3) is 4.40. The number of likely N-dealkylation sites (tertiary alicyclic amines) is 1. The van der Waals surface area contributed by atoms with Crippen LogP contribution < -0.4 is 11.1 Å². The number of rotatable bonds is 5. The molecule has 2 amide bonds. The smallest absolute Gasteiger partial charge is 0.273 e. The van der Waals surface area contributed by atoms with Crippen LogP contribution in [0.1, 0.15) is 39.3 Å². The number of nitrogens with two attached hydrogens (primary N) is 1. The zero-order valence-corrected chi connectivity index (χ0v) is 17.2. The van der Waals surface area contributed by atoms with Gasteiger partial charge < -0.3 is 16.0 Å². The number of anilines is 1. The van der Waals surface area contributed by atoms with Crippen LogP contribution in [0.4, 0.5) is 5.82 Å². The Kier molecular flexibility index (Phi) is 5.93. The molecule has 1 aliphatic heterocycles. The van der Waals surface area contributed by atoms with Gasteiger partial charge in [0.1, 0.15) is 0 Å². The molecular formula is C24H25N5O2. The van der Waals surface area contributed by atoms with Gasteiger partial charge >= 0.3 is 0 Å². The van der Waals surface area contributed by atoms with Crippen LogP contribution >= 0.6 is 0 Å². The van der Waals surface area contributed by atoms with Gasteiger partial charge in [0.2, 0.25) is 0 Å². The summed E-state index contributed by atoms with van der Waals surface area (Å²) in [6.45, 7) is 1.66. The Bertz CT molecular complexity index is 1050. The van der Waals surface area contributed by atoms with Crippen LogP contribution in [0, 0.1) is 0 Å². The zero-order valence-electron chi connectivity index (χ0n) is 17.2. The second kappa shape index (κ2) is 8.95. The molecule has 1 fully saturated rings. The largest absolute Gasteiger partial charge is 0.382 e. The maximum atomic E-state index is 12.9. The molecule has 7 nitrogen and oxygen atoms in total. The third-order valence-electron chi connectivity index (χ3n) is 5.94. The summed E-state index contributed by atoms with van der Waals surface area (Å²) in [5, 5.41) is 3.00. The Morgan fingerprint density at radius 1 is 0.935 bits per heavy atom. The van der Waals surface area contributed by atoms with Crippen LogP contribution in [0.2, 0.25) is 0 Å². The number of piperidine rings is 1. The van der Waals surface area contributed by atoms with Gasteiger partial charge in [0.15, 0.2) is 11.5 Å². The number of hydrogen-bond donors (Lipinski definition) is 2. The fourth-order valence-corrected chi connectivity index (χ4v) is 4.12. The zero-order chi connectivity index (χ0) is 21.7. The van der Waals surface area contributed by atoms with Gasteiger partial charge in [0.05, 0.1) is 0 Å². The molecule has 2 aromatic carbocycles. The first-order valence-electron chi connectivity index (χ1n) is 10.3. The Balaban J connectivity index is 1.50. The average Bonchev–Trinajstić information content (AvgIpc) is 2.84. The molecule has 0 spiro atoms. The van der Waals surface area contributed by atoms with E-state index in [4.69, 9.17) is 5.73 Å². The van der Waals surface area contributed by atoms with Crippen LogP contribution in [-0.2, 0) is 5.41 Å². The number of carbonyl (C=O) groups excluding carboxylic acids is 2. The number of benzene rings is 2. The van der Waals surface area contributed by atoms with Gasteiger partial charge in [0.25, 0.3) is 11.8 Å². The summed E-state index contributed by atoms with van der Waals surface area (Å²) in [6, 6.07) is 19.5. The number of nitrogen functional groups attached to an aromatic ring is 1. The van der Waals surface area contributed by atoms with E-state index in [1.54, 1.807) is 0 Å². The van der Waals surface area contributed by atoms with Gasteiger partial charge in [-0.25, -0.2) is 9.97 Å². The van der Waals surface area contributed by atoms with Crippen molar-refractivity contribution in [1.29, 1.82) is 0 Å². The molecule has 0 saturated carbocycles. The highest BCUT2D eigenvalue weighted by Gasteiger charge is 2.38. The molecule has 3 N–H and O–H groups in total. The summed E-state index contributed by atoms with van der Waals surface area (Å²) in [4.78, 5) is 35.4. The normalized spacial score (nSPS) is 15.3. The molecule has 158 valence electrons. The predicted octanol–water partition coefficient (Wildman–Crippen LogP) is 2.66. The average molecular weight is 415 g/mol. The van der Waals surface area contributed by atoms with Crippen LogP contribution in [-0.4, -0.2) is 46.3 Å². The maximum absolute atomic E-state index is 12.9. The summed E-state index contributed by atoms with van der Waals surface area (Å²) in [6.07, 6.45) is 4.39. The van der Waals surface area contributed by atoms with Gasteiger partial charge in [-0.05, 0) is 30.5 Å². The summed E-state index contributed by atoms with van der Waals surface area (Å²) in [7, 11) is 0. The number of hydrogen-bond acceptors (Lipinski definition) is 5. The number of amides is 2. The van der Waals surface area contributed by atoms with Gasteiger partial charge in [-0.1, -0.05) is 48.5 Å². The van der Waals surface area contributed by atoms with E-state index in [1.165, 1.54) is 12.4 Å². The SMILES string of the molecule is Nc1nccnc1C(=O)NCC1(c2ccccc2)CCN(C(=O)c2ccccc2)CC1. The van der Waals surface area contributed by atoms with Crippen molar-refractivity contribution >= 4 is 17.6 Å². The second-order valence-corrected chi connectivity index (χ2v) is 7.78. The molecule has 0 aliphatic carbocycles. The van der Waals surface area contributed by atoms with Gasteiger partial charge in [-0.3, -0.25) is 9.59 Å². The summed E-state index contributed by atoms with van der Waals surface area (Å²) in [5.41, 5.74) is 7.50. The lowest BCUT2D eigenvalue weighted by atomic mass is 9.72. The third-order valence-corrected chi connectivity index (χ3v) is 5.94. The molecule has 31 heavy (non-hydrogen) atoms. The minimum Gasteiger partial charge on any atom is -0.382 e. The molecule has 1 aliphatic rings. The lowest BCUT2D eigenvalue weighted by Crippen LogP contribution is -2.50. The minimum absolute atomic E-state index is 0.0404. The first-order valence-corrected chi connectivity index (χ1v) is 10.3. The molecule has 4 rings (SSSR count). The van der Waals surface area contributed by atoms with Crippen molar-refractivity contribution in [2.24, 2.45) is 0 Å². The quantitative estimate of drug-likeness (QED) is 0.667. The maximum Gasteiger partial charge on any atom is 0.273 e. The van der Waals surface area contributed by atoms with Crippen molar-refractivity contribution in [3.05, 3.63) is 89.9 Å². The summed E-state index contributed by atoms with van der Waals surface area (Å²) in [5.74, 6) is -0.195. The number of nitrogens with zero attached hydrogens (tertiary/aromatic N) is 3. The Morgan fingerprint density at radius 3 is 2.19 bits per heavy atom. The number of carbonyl (C=O) groups is 2. The fourth-order valence-electron chi connectivity index (χ4n) is 4.12. The molecule has 2 heterocycles. The highest BCUT2D eigenvalue weighted by atomic mass is 16.2. The topological polar surface area (TPSA) is 101 Å². The Hall–Kier alpha value is -3.74. The van der Waals surface area contributed by atoms with Crippen LogP contribution in [0.25, 0.3) is 0 Å². The Labute approximate surface area is 181 Å². The van der Waals surface area contributed by atoms with Gasteiger partial charge in [0, 0.05) is 43.0 Å². The van der Waals surface area contributed by atoms with E-state index in [2.05, 4.69) is 27.4 Å². The lowest BCUT2D eigenvalue weighted by Gasteiger charge is -2.42. The van der Waals surface area contributed by atoms with Crippen molar-refractivity contribution in [2.45, 2.75) is 18.3 Å². The molecular weight excluding hydrogens is 390 g/mol. The van der Waals surface area contributed by atoms with Crippen molar-refractivity contribution in [3.63, 3.8) is 0 Å². The monoisotopic (exact) mass is 415 g/mol. The molecule has 0 radical (unpaired) electrons. The first-order chi connectivity index (χ1) is 15.1. The highest BCUT2D eigenvalue weighted by molar-refractivity contribution is 5.96. The van der Waals surface area contributed by atoms with Crippen molar-refractivity contribution in [3.8, 4) is 0 Å². The van der Waals surface area contributed by atoms with Crippen molar-refractivity contribution in [2.75, 3.05) is 25.4 Å². The lowest BCUT2D eigenvalue weighted by molar-refractivity contribution is 0.0656. The molecule has 7 heteroatoms. The Morgan fingerprint density at radius 2 is 1.55 bits per heavy atom. The minimum atomic E-state index is -0.344. The van der Waals surface area contributed by atoms with E-state index in [9.17, 15) is 9.59 Å². The predicted molar refractivity (Wildman–Crippen MR) is 118 cm³/mol. The first kappa shape index (κ1) is 20.5. The van der Waals surface area contributed by atoms with E-state index in [0.717, 1.165) is 18.4 Å². The molecule has 0 unspecified atom stereocenters. The highest BCUT2D eigenvalue weighted by Crippen LogP contribution is 2.35. The van der Waals surface area contributed by atoms with E-state index in [-0.39, 0.29) is 28.7 Å². The number of aromatic nitrogens is 2. The number of nitrogens with one attached hydrogen (secondary N) is 1. The van der Waals surface area contributed by atoms with Crippen molar-refractivity contribution < 1.29 is 9.59 Å². The molecule has 1 aromatic heterocycles. The van der Waals surface area contributed by atoms with Crippen LogP contribution in [0.15, 0.2) is 73.1 Å². The van der Waals surface area contributed by atoms with E-state index in [1.807, 2.05) is 53.4 Å². The standard InChI is InChI=1S/C24H25N5O2/c25-21-20(26-13-14-27-21)22(30)28-17-24(19-9-5-2-6-10-19)11-15-29(16-12-24)23(31)18-7-3-1-4-8-18/h1-10,13-14H,11-12,15-17H2,(H2,25,27)(H,28,30). The molecule has 0 atom stereocenters. The van der Waals surface area contributed by atoms with E-state index < -0.39 is 0 Å². The van der Waals surface area contributed by atoms with Crippen LogP contribution in [0.3, 0.4) is 0 Å². The van der Waals surface area contributed by atoms with E-state index in [0.29, 0.717) is 25.2 Å². The van der Waals surface area contributed by atoms with Gasteiger partial charge in [-0.15, -0.1) is 0 Å². The molecule has 1 saturated heterocycles.